The zero-order valence-corrected chi connectivity index (χ0v) is 14.6. The lowest BCUT2D eigenvalue weighted by Gasteiger charge is -2.09. The summed E-state index contributed by atoms with van der Waals surface area (Å²) >= 11 is 4.33. The average Bonchev–Trinajstić information content (AvgIpc) is 2.34. The second-order valence-corrected chi connectivity index (χ2v) is 7.26. The molecular formula is C12H33N2O5PS. The van der Waals surface area contributed by atoms with Crippen LogP contribution in [-0.4, -0.2) is 53.5 Å². The Kier molecular flexibility index (Phi) is 23.0. The highest BCUT2D eigenvalue weighted by molar-refractivity contribution is 8.06. The Hall–Kier alpha value is 0.370. The van der Waals surface area contributed by atoms with E-state index in [0.717, 1.165) is 19.6 Å². The lowest BCUT2D eigenvalue weighted by Crippen LogP contribution is -2.29. The van der Waals surface area contributed by atoms with Crippen LogP contribution in [0.4, 0.5) is 0 Å². The predicted molar refractivity (Wildman–Crippen MR) is 91.0 cm³/mol. The predicted octanol–water partition coefficient (Wildman–Crippen LogP) is 0.102. The molecule has 0 aliphatic carbocycles. The Bertz CT molecular complexity index is 244. The van der Waals surface area contributed by atoms with E-state index in [1.807, 2.05) is 0 Å². The van der Waals surface area contributed by atoms with Gasteiger partial charge in [0, 0.05) is 19.6 Å². The molecule has 8 N–H and O–H groups in total. The summed E-state index contributed by atoms with van der Waals surface area (Å²) in [6.45, 7) is 2.41. The van der Waals surface area contributed by atoms with Crippen molar-refractivity contribution in [3.63, 3.8) is 0 Å². The average molecular weight is 348 g/mol. The summed E-state index contributed by atoms with van der Waals surface area (Å²) in [4.78, 5) is 17.6. The summed E-state index contributed by atoms with van der Waals surface area (Å²) in [7, 11) is 0. The first kappa shape index (κ1) is 26.3. The van der Waals surface area contributed by atoms with Crippen LogP contribution in [0.25, 0.3) is 0 Å². The monoisotopic (exact) mass is 348 g/mol. The smallest absolute Gasteiger partial charge is 0.321 e. The summed E-state index contributed by atoms with van der Waals surface area (Å²) < 4.78 is 4.68. The molecule has 0 rings (SSSR count). The number of nitrogens with one attached hydrogen (secondary N) is 2. The van der Waals surface area contributed by atoms with Gasteiger partial charge in [-0.1, -0.05) is 39.0 Å². The fourth-order valence-electron chi connectivity index (χ4n) is 1.69. The molecule has 0 aromatic heterocycles. The molecule has 0 heterocycles. The van der Waals surface area contributed by atoms with E-state index < -0.39 is 6.72 Å². The van der Waals surface area contributed by atoms with Crippen LogP contribution in [0.15, 0.2) is 0 Å². The van der Waals surface area contributed by atoms with Crippen molar-refractivity contribution in [1.82, 2.24) is 10.6 Å². The molecule has 9 heteroatoms. The first-order valence-electron chi connectivity index (χ1n) is 7.18. The van der Waals surface area contributed by atoms with E-state index in [4.69, 9.17) is 9.79 Å². The summed E-state index contributed by atoms with van der Waals surface area (Å²) in [5.41, 5.74) is 0. The fraction of sp³-hybridized carbons (Fsp3) is 1.00. The van der Waals surface area contributed by atoms with E-state index in [1.54, 1.807) is 0 Å². The molecule has 0 fully saturated rings. The molecule has 0 aliphatic heterocycles. The summed E-state index contributed by atoms with van der Waals surface area (Å²) in [5.74, 6) is 0. The van der Waals surface area contributed by atoms with Gasteiger partial charge in [-0.3, -0.25) is 0 Å². The fourth-order valence-corrected chi connectivity index (χ4v) is 2.25. The van der Waals surface area contributed by atoms with Gasteiger partial charge in [0.1, 0.15) is 0 Å². The van der Waals surface area contributed by atoms with Crippen LogP contribution in [0.5, 0.6) is 0 Å². The third kappa shape index (κ3) is 25.7. The summed E-state index contributed by atoms with van der Waals surface area (Å²) in [6, 6.07) is 0. The van der Waals surface area contributed by atoms with Gasteiger partial charge < -0.3 is 35.9 Å². The largest absolute Gasteiger partial charge is 0.412 e. The first-order chi connectivity index (χ1) is 9.06. The SMILES string of the molecule is CCCCCCCCNCCNCCOP(O)(O)=S.O.O. The van der Waals surface area contributed by atoms with E-state index in [9.17, 15) is 0 Å². The Morgan fingerprint density at radius 1 is 0.857 bits per heavy atom. The third-order valence-electron chi connectivity index (χ3n) is 2.72. The molecule has 0 spiro atoms. The molecule has 0 saturated carbocycles. The molecule has 0 atom stereocenters. The second kappa shape index (κ2) is 18.4. The van der Waals surface area contributed by atoms with Crippen LogP contribution in [0.2, 0.25) is 0 Å². The van der Waals surface area contributed by atoms with Gasteiger partial charge in [-0.05, 0) is 24.8 Å². The van der Waals surface area contributed by atoms with Crippen LogP contribution in [0.1, 0.15) is 45.4 Å². The van der Waals surface area contributed by atoms with Gasteiger partial charge in [-0.2, -0.15) is 0 Å². The number of hydrogen-bond acceptors (Lipinski definition) is 4. The highest BCUT2D eigenvalue weighted by Gasteiger charge is 2.05. The lowest BCUT2D eigenvalue weighted by molar-refractivity contribution is 0.251. The molecule has 0 aromatic rings. The highest BCUT2D eigenvalue weighted by Crippen LogP contribution is 2.35. The molecule has 0 bridgehead atoms. The Labute approximate surface area is 133 Å². The number of rotatable bonds is 14. The Morgan fingerprint density at radius 3 is 1.95 bits per heavy atom. The maximum Gasteiger partial charge on any atom is 0.321 e. The van der Waals surface area contributed by atoms with E-state index >= 15 is 0 Å². The third-order valence-corrected chi connectivity index (χ3v) is 3.56. The lowest BCUT2D eigenvalue weighted by atomic mass is 10.1. The van der Waals surface area contributed by atoms with Crippen LogP contribution < -0.4 is 10.6 Å². The number of hydrogen-bond donors (Lipinski definition) is 4. The topological polar surface area (TPSA) is 137 Å². The molecule has 0 unspecified atom stereocenters. The molecule has 7 nitrogen and oxygen atoms in total. The molecule has 132 valence electrons. The van der Waals surface area contributed by atoms with Crippen molar-refractivity contribution in [1.29, 1.82) is 0 Å². The van der Waals surface area contributed by atoms with Crippen LogP contribution >= 0.6 is 6.72 Å². The molecular weight excluding hydrogens is 315 g/mol. The molecule has 0 aromatic carbocycles. The summed E-state index contributed by atoms with van der Waals surface area (Å²) in [6.07, 6.45) is 7.92. The van der Waals surface area contributed by atoms with Crippen molar-refractivity contribution in [3.05, 3.63) is 0 Å². The van der Waals surface area contributed by atoms with Crippen LogP contribution in [-0.2, 0) is 16.3 Å². The maximum absolute atomic E-state index is 8.81. The van der Waals surface area contributed by atoms with Gasteiger partial charge in [-0.15, -0.1) is 0 Å². The van der Waals surface area contributed by atoms with E-state index in [-0.39, 0.29) is 17.6 Å². The molecule has 21 heavy (non-hydrogen) atoms. The minimum absolute atomic E-state index is 0. The van der Waals surface area contributed by atoms with Crippen molar-refractivity contribution in [2.75, 3.05) is 32.8 Å². The van der Waals surface area contributed by atoms with Gasteiger partial charge >= 0.3 is 6.72 Å². The van der Waals surface area contributed by atoms with Gasteiger partial charge in [0.15, 0.2) is 0 Å². The van der Waals surface area contributed by atoms with Crippen molar-refractivity contribution in [2.24, 2.45) is 0 Å². The Balaban J connectivity index is -0.00000162. The van der Waals surface area contributed by atoms with Crippen molar-refractivity contribution in [2.45, 2.75) is 45.4 Å². The molecule has 0 radical (unpaired) electrons. The van der Waals surface area contributed by atoms with Crippen molar-refractivity contribution >= 4 is 18.5 Å². The van der Waals surface area contributed by atoms with Crippen molar-refractivity contribution in [3.8, 4) is 0 Å². The molecule has 0 aliphatic rings. The van der Waals surface area contributed by atoms with Crippen molar-refractivity contribution < 1.29 is 25.3 Å². The standard InChI is InChI=1S/C12H29N2O3PS.2H2O/c1-2-3-4-5-6-7-8-13-9-10-14-11-12-17-18(15,16)19;;/h13-14H,2-12H2,1H3,(H2,15,16,19);2*1H2. The zero-order chi connectivity index (χ0) is 14.4. The minimum atomic E-state index is -3.47. The van der Waals surface area contributed by atoms with Gasteiger partial charge in [0.05, 0.1) is 6.61 Å². The van der Waals surface area contributed by atoms with Gasteiger partial charge in [0.25, 0.3) is 0 Å². The second-order valence-electron chi connectivity index (χ2n) is 4.59. The normalized spacial score (nSPS) is 10.8. The van der Waals surface area contributed by atoms with Gasteiger partial charge in [0.2, 0.25) is 0 Å². The number of unbranched alkanes of at least 4 members (excludes halogenated alkanes) is 5. The van der Waals surface area contributed by atoms with Crippen LogP contribution in [0, 0.1) is 0 Å². The first-order valence-corrected chi connectivity index (χ1v) is 9.80. The van der Waals surface area contributed by atoms with E-state index in [2.05, 4.69) is 33.9 Å². The Morgan fingerprint density at radius 2 is 1.38 bits per heavy atom. The zero-order valence-electron chi connectivity index (χ0n) is 12.9. The molecule has 0 amide bonds. The summed E-state index contributed by atoms with van der Waals surface area (Å²) in [5, 5.41) is 6.51. The quantitative estimate of drug-likeness (QED) is 0.260. The van der Waals surface area contributed by atoms with Gasteiger partial charge in [-0.25, -0.2) is 0 Å². The molecule has 0 saturated heterocycles. The highest BCUT2D eigenvalue weighted by atomic mass is 32.5. The minimum Gasteiger partial charge on any atom is -0.412 e. The van der Waals surface area contributed by atoms with Crippen LogP contribution in [0.3, 0.4) is 0 Å². The van der Waals surface area contributed by atoms with E-state index in [1.165, 1.54) is 38.5 Å². The van der Waals surface area contributed by atoms with E-state index in [0.29, 0.717) is 6.54 Å². The maximum atomic E-state index is 8.81.